The van der Waals surface area contributed by atoms with E-state index in [-0.39, 0.29) is 0 Å². The van der Waals surface area contributed by atoms with Gasteiger partial charge in [0.2, 0.25) is 0 Å². The van der Waals surface area contributed by atoms with Gasteiger partial charge in [0.25, 0.3) is 5.82 Å². The van der Waals surface area contributed by atoms with Crippen LogP contribution in [0.2, 0.25) is 0 Å². The summed E-state index contributed by atoms with van der Waals surface area (Å²) in [7, 11) is 0. The van der Waals surface area contributed by atoms with Crippen LogP contribution in [0.15, 0.2) is 60.7 Å². The zero-order chi connectivity index (χ0) is 19.3. The average Bonchev–Trinajstić information content (AvgIpc) is 3.42. The lowest BCUT2D eigenvalue weighted by Gasteiger charge is -2.15. The lowest BCUT2D eigenvalue weighted by atomic mass is 10.0. The molecule has 1 aliphatic heterocycles. The molecule has 3 aromatic rings. The van der Waals surface area contributed by atoms with Gasteiger partial charge in [-0.05, 0) is 43.5 Å². The van der Waals surface area contributed by atoms with Gasteiger partial charge in [-0.15, -0.1) is 0 Å². The Morgan fingerprint density at radius 1 is 0.963 bits per heavy atom. The van der Waals surface area contributed by atoms with Crippen LogP contribution in [0.5, 0.6) is 0 Å². The molecule has 0 radical (unpaired) electrons. The first-order valence-corrected chi connectivity index (χ1v) is 10.1. The van der Waals surface area contributed by atoms with Gasteiger partial charge < -0.3 is 0 Å². The van der Waals surface area contributed by atoms with Crippen LogP contribution in [-0.2, 0) is 0 Å². The maximum absolute atomic E-state index is 9.50. The average molecular weight is 357 g/mol. The number of fused-ring (bicyclic) bond motifs is 1. The molecular formula is C25H27N2+. The second kappa shape index (κ2) is 6.53. The number of allylic oxidation sites excluding steroid dienone is 1. The Morgan fingerprint density at radius 3 is 2.41 bits per heavy atom. The topological polar surface area (TPSA) is 8.81 Å². The quantitative estimate of drug-likeness (QED) is 0.536. The molecular weight excluding hydrogens is 328 g/mol. The summed E-state index contributed by atoms with van der Waals surface area (Å²) < 4.78 is 14.2. The fraction of sp³-hybridized carbons (Fsp3) is 0.320. The maximum atomic E-state index is 9.50. The SMILES string of the molecule is [2H]C1(c2ccccc2)C=Cc2c(C)n(-c3ccccc3C)c(C3CCCC3)[n+]21. The summed E-state index contributed by atoms with van der Waals surface area (Å²) in [5.74, 6) is 1.79. The van der Waals surface area contributed by atoms with E-state index in [0.717, 1.165) is 5.56 Å². The minimum atomic E-state index is -0.882. The van der Waals surface area contributed by atoms with Gasteiger partial charge in [-0.1, -0.05) is 61.4 Å². The zero-order valence-electron chi connectivity index (χ0n) is 17.2. The fourth-order valence-corrected chi connectivity index (χ4v) is 4.85. The number of aromatic nitrogens is 2. The highest BCUT2D eigenvalue weighted by atomic mass is 15.2. The third-order valence-electron chi connectivity index (χ3n) is 6.19. The van der Waals surface area contributed by atoms with Crippen LogP contribution >= 0.6 is 0 Å². The number of benzene rings is 2. The second-order valence-corrected chi connectivity index (χ2v) is 7.85. The monoisotopic (exact) mass is 356 g/mol. The Bertz CT molecular complexity index is 1060. The number of hydrogen-bond donors (Lipinski definition) is 0. The summed E-state index contributed by atoms with van der Waals surface area (Å²) >= 11 is 0. The normalized spacial score (nSPS) is 22.2. The molecule has 0 N–H and O–H groups in total. The first kappa shape index (κ1) is 15.4. The molecule has 2 aromatic carbocycles. The molecule has 0 amide bonds. The van der Waals surface area contributed by atoms with Crippen molar-refractivity contribution in [3.8, 4) is 5.69 Å². The van der Waals surface area contributed by atoms with E-state index < -0.39 is 6.02 Å². The molecule has 0 spiro atoms. The van der Waals surface area contributed by atoms with Crippen molar-refractivity contribution in [2.24, 2.45) is 0 Å². The van der Waals surface area contributed by atoms with Crippen molar-refractivity contribution >= 4 is 6.08 Å². The molecule has 2 nitrogen and oxygen atoms in total. The van der Waals surface area contributed by atoms with Crippen molar-refractivity contribution in [1.82, 2.24) is 4.57 Å². The Kier molecular flexibility index (Phi) is 3.73. The van der Waals surface area contributed by atoms with Gasteiger partial charge in [0.15, 0.2) is 11.4 Å². The molecule has 1 saturated carbocycles. The number of para-hydroxylation sites is 1. The van der Waals surface area contributed by atoms with Crippen molar-refractivity contribution in [3.05, 3.63) is 89.0 Å². The third-order valence-corrected chi connectivity index (χ3v) is 6.19. The molecule has 1 fully saturated rings. The summed E-state index contributed by atoms with van der Waals surface area (Å²) in [5, 5.41) is 0. The van der Waals surface area contributed by atoms with Crippen molar-refractivity contribution in [3.63, 3.8) is 0 Å². The van der Waals surface area contributed by atoms with Gasteiger partial charge in [0, 0.05) is 12.5 Å². The summed E-state index contributed by atoms with van der Waals surface area (Å²) in [5.41, 5.74) is 5.95. The highest BCUT2D eigenvalue weighted by Crippen LogP contribution is 2.38. The highest BCUT2D eigenvalue weighted by molar-refractivity contribution is 5.53. The second-order valence-electron chi connectivity index (χ2n) is 7.85. The summed E-state index contributed by atoms with van der Waals surface area (Å²) in [4.78, 5) is 0. The van der Waals surface area contributed by atoms with Crippen molar-refractivity contribution < 1.29 is 5.94 Å². The zero-order valence-corrected chi connectivity index (χ0v) is 16.2. The van der Waals surface area contributed by atoms with E-state index in [1.54, 1.807) is 0 Å². The largest absolute Gasteiger partial charge is 0.266 e. The molecule has 27 heavy (non-hydrogen) atoms. The van der Waals surface area contributed by atoms with E-state index in [4.69, 9.17) is 0 Å². The van der Waals surface area contributed by atoms with E-state index in [2.05, 4.69) is 71.5 Å². The number of rotatable bonds is 3. The van der Waals surface area contributed by atoms with Gasteiger partial charge in [0.1, 0.15) is 11.7 Å². The van der Waals surface area contributed by atoms with Gasteiger partial charge in [-0.25, -0.2) is 4.57 Å². The third kappa shape index (κ3) is 2.58. The molecule has 0 saturated heterocycles. The van der Waals surface area contributed by atoms with Crippen LogP contribution in [0, 0.1) is 13.8 Å². The predicted octanol–water partition coefficient (Wildman–Crippen LogP) is 5.66. The molecule has 136 valence electrons. The smallest absolute Gasteiger partial charge is 0.216 e. The predicted molar refractivity (Wildman–Crippen MR) is 110 cm³/mol. The lowest BCUT2D eigenvalue weighted by molar-refractivity contribution is -0.708. The van der Waals surface area contributed by atoms with Crippen LogP contribution in [0.25, 0.3) is 11.8 Å². The van der Waals surface area contributed by atoms with Crippen LogP contribution in [0.1, 0.15) is 67.3 Å². The molecule has 2 heteroatoms. The number of aryl methyl sites for hydroxylation is 1. The van der Waals surface area contributed by atoms with Gasteiger partial charge in [-0.3, -0.25) is 0 Å². The molecule has 2 aliphatic rings. The molecule has 0 bridgehead atoms. The first-order chi connectivity index (χ1) is 13.6. The Balaban J connectivity index is 1.81. The molecule has 1 aromatic heterocycles. The molecule has 1 aliphatic carbocycles. The van der Waals surface area contributed by atoms with E-state index >= 15 is 0 Å². The van der Waals surface area contributed by atoms with Crippen LogP contribution < -0.4 is 4.57 Å². The van der Waals surface area contributed by atoms with Crippen LogP contribution in [0.4, 0.5) is 0 Å². The van der Waals surface area contributed by atoms with E-state index in [1.165, 1.54) is 54.1 Å². The van der Waals surface area contributed by atoms with Crippen LogP contribution in [0.3, 0.4) is 0 Å². The Morgan fingerprint density at radius 2 is 1.67 bits per heavy atom. The van der Waals surface area contributed by atoms with Gasteiger partial charge in [0.05, 0.1) is 7.29 Å². The first-order valence-electron chi connectivity index (χ1n) is 10.6. The summed E-state index contributed by atoms with van der Waals surface area (Å²) in [6, 6.07) is 18.0. The minimum Gasteiger partial charge on any atom is -0.216 e. The Labute approximate surface area is 163 Å². The maximum Gasteiger partial charge on any atom is 0.266 e. The van der Waals surface area contributed by atoms with Gasteiger partial charge >= 0.3 is 0 Å². The van der Waals surface area contributed by atoms with Crippen molar-refractivity contribution in [1.29, 1.82) is 0 Å². The van der Waals surface area contributed by atoms with Crippen molar-refractivity contribution in [2.75, 3.05) is 0 Å². The number of nitrogens with zero attached hydrogens (tertiary/aromatic N) is 2. The summed E-state index contributed by atoms with van der Waals surface area (Å²) in [6.07, 6.45) is 9.19. The standard InChI is InChI=1S/C25H27N2/c1-18-10-6-9-15-22(18)26-19(2)23-16-17-24(20-11-4-3-5-12-20)27(23)25(26)21-13-7-8-14-21/h3-6,9-12,15-17,21,24H,7-8,13-14H2,1-2H3/q+1/i24D. The molecule has 1 unspecified atom stereocenters. The highest BCUT2D eigenvalue weighted by Gasteiger charge is 2.40. The van der Waals surface area contributed by atoms with E-state index in [0.29, 0.717) is 5.92 Å². The number of hydrogen-bond acceptors (Lipinski definition) is 0. The summed E-state index contributed by atoms with van der Waals surface area (Å²) in [6.45, 7) is 4.39. The molecule has 1 atom stereocenters. The fourth-order valence-electron chi connectivity index (χ4n) is 4.85. The van der Waals surface area contributed by atoms with E-state index in [1.807, 2.05) is 18.2 Å². The molecule has 2 heterocycles. The van der Waals surface area contributed by atoms with Gasteiger partial charge in [-0.2, -0.15) is 4.57 Å². The van der Waals surface area contributed by atoms with E-state index in [9.17, 15) is 1.37 Å². The van der Waals surface area contributed by atoms with Crippen molar-refractivity contribution in [2.45, 2.75) is 51.5 Å². The molecule has 5 rings (SSSR count). The number of imidazole rings is 1. The lowest BCUT2D eigenvalue weighted by Crippen LogP contribution is -2.43. The van der Waals surface area contributed by atoms with Crippen LogP contribution in [-0.4, -0.2) is 4.57 Å². The Hall–Kier alpha value is -2.61. The minimum absolute atomic E-state index is 0.500.